The summed E-state index contributed by atoms with van der Waals surface area (Å²) in [5.74, 6) is 7.43. The lowest BCUT2D eigenvalue weighted by molar-refractivity contribution is -0.0522. The summed E-state index contributed by atoms with van der Waals surface area (Å²) >= 11 is 0. The molecule has 7 aliphatic rings. The van der Waals surface area contributed by atoms with Crippen molar-refractivity contribution in [1.29, 1.82) is 0 Å². The first kappa shape index (κ1) is 33.1. The molecule has 5 atom stereocenters. The zero-order valence-electron chi connectivity index (χ0n) is 33.3. The molecule has 0 amide bonds. The van der Waals surface area contributed by atoms with Crippen molar-refractivity contribution in [2.24, 2.45) is 23.7 Å². The number of hydrogen-bond acceptors (Lipinski definition) is 4. The first-order chi connectivity index (χ1) is 28.3. The molecule has 282 valence electrons. The smallest absolute Gasteiger partial charge is 0.163 e. The maximum Gasteiger partial charge on any atom is 0.163 e. The Bertz CT molecular complexity index is 2840. The van der Waals surface area contributed by atoms with Crippen LogP contribution in [0.15, 0.2) is 133 Å². The number of aromatic nitrogens is 3. The second-order valence-corrected chi connectivity index (χ2v) is 19.0. The van der Waals surface area contributed by atoms with Gasteiger partial charge in [-0.3, -0.25) is 0 Å². The highest BCUT2D eigenvalue weighted by molar-refractivity contribution is 5.90. The predicted octanol–water partition coefficient (Wildman–Crippen LogP) is 12.7. The lowest BCUT2D eigenvalue weighted by Crippen LogP contribution is -2.53. The summed E-state index contributed by atoms with van der Waals surface area (Å²) in [7, 11) is 0. The van der Waals surface area contributed by atoms with Gasteiger partial charge in [-0.15, -0.1) is 0 Å². The predicted molar refractivity (Wildman–Crippen MR) is 230 cm³/mol. The Morgan fingerprint density at radius 2 is 1.00 bits per heavy atom. The molecular weight excluding hydrogens is 707 g/mol. The molecule has 4 unspecified atom stereocenters. The summed E-state index contributed by atoms with van der Waals surface area (Å²) in [5.41, 5.74) is 14.2. The maximum atomic E-state index is 6.65. The maximum absolute atomic E-state index is 6.65. The van der Waals surface area contributed by atoms with Crippen LogP contribution in [0.3, 0.4) is 0 Å². The Morgan fingerprint density at radius 1 is 0.500 bits per heavy atom. The molecule has 0 N–H and O–H groups in total. The van der Waals surface area contributed by atoms with Crippen LogP contribution < -0.4 is 4.74 Å². The molecule has 4 heteroatoms. The Labute approximate surface area is 340 Å². The first-order valence-electron chi connectivity index (χ1n) is 21.4. The summed E-state index contributed by atoms with van der Waals surface area (Å²) in [4.78, 5) is 16.7. The molecule has 1 aromatic heterocycles. The molecule has 4 saturated carbocycles. The highest BCUT2D eigenvalue weighted by Crippen LogP contribution is 2.64. The van der Waals surface area contributed by atoms with E-state index in [1.54, 1.807) is 0 Å². The van der Waals surface area contributed by atoms with E-state index in [1.165, 1.54) is 87.7 Å². The third-order valence-electron chi connectivity index (χ3n) is 15.8. The van der Waals surface area contributed by atoms with E-state index >= 15 is 0 Å². The molecule has 7 aromatic rings. The molecule has 2 heterocycles. The number of benzene rings is 6. The van der Waals surface area contributed by atoms with E-state index in [-0.39, 0.29) is 10.8 Å². The molecule has 6 aromatic carbocycles. The van der Waals surface area contributed by atoms with Crippen molar-refractivity contribution < 1.29 is 4.74 Å². The fourth-order valence-corrected chi connectivity index (χ4v) is 13.3. The van der Waals surface area contributed by atoms with Crippen molar-refractivity contribution in [3.05, 3.63) is 173 Å². The van der Waals surface area contributed by atoms with Gasteiger partial charge < -0.3 is 4.74 Å². The molecule has 4 fully saturated rings. The molecule has 0 radical (unpaired) electrons. The molecule has 0 saturated heterocycles. The van der Waals surface area contributed by atoms with Crippen LogP contribution in [0.4, 0.5) is 0 Å². The minimum Gasteiger partial charge on any atom is -0.457 e. The molecule has 4 bridgehead atoms. The fourth-order valence-electron chi connectivity index (χ4n) is 13.3. The van der Waals surface area contributed by atoms with Crippen molar-refractivity contribution >= 4 is 0 Å². The van der Waals surface area contributed by atoms with Crippen LogP contribution in [0.5, 0.6) is 11.5 Å². The zero-order valence-corrected chi connectivity index (χ0v) is 33.3. The Balaban J connectivity index is 1.04. The van der Waals surface area contributed by atoms with Gasteiger partial charge >= 0.3 is 0 Å². The Morgan fingerprint density at radius 3 is 1.64 bits per heavy atom. The molecule has 1 aliphatic heterocycles. The molecule has 58 heavy (non-hydrogen) atoms. The van der Waals surface area contributed by atoms with Crippen LogP contribution in [0.25, 0.3) is 45.0 Å². The zero-order chi connectivity index (χ0) is 38.5. The molecule has 14 rings (SSSR count). The van der Waals surface area contributed by atoms with Gasteiger partial charge in [0, 0.05) is 33.1 Å². The van der Waals surface area contributed by atoms with Crippen LogP contribution in [-0.4, -0.2) is 15.0 Å². The van der Waals surface area contributed by atoms with Gasteiger partial charge in [-0.25, -0.2) is 15.0 Å². The number of hydrogen-bond donors (Lipinski definition) is 0. The fraction of sp³-hybridized carbons (Fsp3) is 0.278. The lowest BCUT2D eigenvalue weighted by Gasteiger charge is -2.59. The van der Waals surface area contributed by atoms with E-state index in [1.807, 2.05) is 0 Å². The summed E-state index contributed by atoms with van der Waals surface area (Å²) in [6.45, 7) is 7.22. The van der Waals surface area contributed by atoms with Gasteiger partial charge in [0.25, 0.3) is 0 Å². The van der Waals surface area contributed by atoms with Gasteiger partial charge in [-0.2, -0.15) is 0 Å². The SMILES string of the molecule is CC1C2CC3C[C@@H]1CC(c1nc(-c4ccc5c(c4)C(C)(C)c4ccccc4-5)nc(-c4ccc5c(c4)C4(c6ccccc6Oc6ccccc64)c4ccccc4-5)n1)(C3)C2. The highest BCUT2D eigenvalue weighted by Gasteiger charge is 2.56. The number of ether oxygens (including phenoxy) is 1. The van der Waals surface area contributed by atoms with Crippen LogP contribution in [0.1, 0.15) is 92.1 Å². The van der Waals surface area contributed by atoms with E-state index in [4.69, 9.17) is 19.7 Å². The van der Waals surface area contributed by atoms with Gasteiger partial charge in [0.15, 0.2) is 11.6 Å². The Kier molecular flexibility index (Phi) is 6.52. The monoisotopic (exact) mass is 751 g/mol. The largest absolute Gasteiger partial charge is 0.457 e. The van der Waals surface area contributed by atoms with Gasteiger partial charge in [-0.05, 0) is 125 Å². The van der Waals surface area contributed by atoms with E-state index in [9.17, 15) is 0 Å². The van der Waals surface area contributed by atoms with E-state index in [0.717, 1.165) is 63.8 Å². The van der Waals surface area contributed by atoms with E-state index < -0.39 is 5.41 Å². The summed E-state index contributed by atoms with van der Waals surface area (Å²) in [5, 5.41) is 0. The van der Waals surface area contributed by atoms with Gasteiger partial charge in [0.05, 0.1) is 5.41 Å². The quantitative estimate of drug-likeness (QED) is 0.180. The van der Waals surface area contributed by atoms with E-state index in [0.29, 0.717) is 0 Å². The van der Waals surface area contributed by atoms with Crippen molar-refractivity contribution in [3.63, 3.8) is 0 Å². The van der Waals surface area contributed by atoms with Crippen LogP contribution in [0, 0.1) is 23.7 Å². The lowest BCUT2D eigenvalue weighted by atomic mass is 9.46. The van der Waals surface area contributed by atoms with Gasteiger partial charge in [0.1, 0.15) is 17.3 Å². The normalized spacial score (nSPS) is 25.3. The van der Waals surface area contributed by atoms with Gasteiger partial charge in [0.2, 0.25) is 0 Å². The van der Waals surface area contributed by atoms with Crippen LogP contribution >= 0.6 is 0 Å². The second kappa shape index (κ2) is 11.4. The molecule has 6 aliphatic carbocycles. The number of rotatable bonds is 3. The number of nitrogens with zero attached hydrogens (tertiary/aromatic N) is 3. The summed E-state index contributed by atoms with van der Waals surface area (Å²) in [6.07, 6.45) is 6.30. The summed E-state index contributed by atoms with van der Waals surface area (Å²) in [6, 6.07) is 49.0. The minimum atomic E-state index is -0.553. The van der Waals surface area contributed by atoms with Crippen LogP contribution in [0.2, 0.25) is 0 Å². The Hall–Kier alpha value is -5.87. The summed E-state index contributed by atoms with van der Waals surface area (Å²) < 4.78 is 6.65. The molecular formula is C54H45N3O. The highest BCUT2D eigenvalue weighted by atomic mass is 16.5. The third kappa shape index (κ3) is 4.23. The standard InChI is InChI=1S/C54H45N3O/c1-31-35-24-32-25-36(31)30-53(28-32,29-35)51-56-49(33-20-22-39-37-12-4-6-14-41(37)52(2,3)45(39)26-33)55-50(57-51)34-21-23-40-38-13-5-7-15-42(38)54(46(40)27-34)43-16-8-10-18-47(43)58-48-19-11-9-17-44(48)54/h4-23,26-27,31-32,35-36H,24-25,28-30H2,1-3H3/t31?,32?,35-,36?,53?/m1/s1. The van der Waals surface area contributed by atoms with Gasteiger partial charge in [-0.1, -0.05) is 130 Å². The van der Waals surface area contributed by atoms with Crippen LogP contribution in [-0.2, 0) is 16.2 Å². The van der Waals surface area contributed by atoms with Crippen molar-refractivity contribution in [1.82, 2.24) is 15.0 Å². The molecule has 4 nitrogen and oxygen atoms in total. The topological polar surface area (TPSA) is 47.9 Å². The second-order valence-electron chi connectivity index (χ2n) is 19.0. The average molecular weight is 752 g/mol. The average Bonchev–Trinajstić information content (AvgIpc) is 3.67. The first-order valence-corrected chi connectivity index (χ1v) is 21.4. The number of para-hydroxylation sites is 2. The van der Waals surface area contributed by atoms with Crippen molar-refractivity contribution in [2.45, 2.75) is 69.1 Å². The number of fused-ring (bicyclic) bond motifs is 12. The van der Waals surface area contributed by atoms with E-state index in [2.05, 4.69) is 154 Å². The minimum absolute atomic E-state index is 0.00550. The van der Waals surface area contributed by atoms with Crippen molar-refractivity contribution in [3.8, 4) is 56.5 Å². The van der Waals surface area contributed by atoms with Crippen molar-refractivity contribution in [2.75, 3.05) is 0 Å². The molecule has 1 spiro atoms. The third-order valence-corrected chi connectivity index (χ3v) is 15.8.